The molecule has 2 aromatic heterocycles. The molecule has 0 spiro atoms. The Balaban J connectivity index is 1.49. The largest absolute Gasteiger partial charge is 0.354 e. The smallest absolute Gasteiger partial charge is 0.224 e. The highest BCUT2D eigenvalue weighted by Crippen LogP contribution is 2.20. The van der Waals surface area contributed by atoms with E-state index in [0.717, 1.165) is 36.2 Å². The van der Waals surface area contributed by atoms with Crippen molar-refractivity contribution < 1.29 is 0 Å². The maximum absolute atomic E-state index is 4.67. The minimum absolute atomic E-state index is 0.634. The summed E-state index contributed by atoms with van der Waals surface area (Å²) in [6.45, 7) is 3.01. The van der Waals surface area contributed by atoms with E-state index in [2.05, 4.69) is 69.7 Å². The van der Waals surface area contributed by atoms with Gasteiger partial charge in [-0.2, -0.15) is 4.98 Å². The molecule has 2 heterocycles. The van der Waals surface area contributed by atoms with E-state index in [0.29, 0.717) is 5.95 Å². The monoisotopic (exact) mass is 371 g/mol. The van der Waals surface area contributed by atoms with Gasteiger partial charge in [0.2, 0.25) is 5.95 Å². The Morgan fingerprint density at radius 3 is 2.68 bits per heavy atom. The zero-order valence-electron chi connectivity index (χ0n) is 16.2. The fraction of sp³-hybridized carbons (Fsp3) is 0.261. The third-order valence-corrected chi connectivity index (χ3v) is 4.86. The molecule has 5 heteroatoms. The molecule has 4 rings (SSSR count). The summed E-state index contributed by atoms with van der Waals surface area (Å²) in [6, 6.07) is 18.8. The van der Waals surface area contributed by atoms with Crippen molar-refractivity contribution in [2.45, 2.75) is 32.6 Å². The van der Waals surface area contributed by atoms with E-state index in [-0.39, 0.29) is 0 Å². The van der Waals surface area contributed by atoms with E-state index in [4.69, 9.17) is 0 Å². The molecule has 0 radical (unpaired) electrons. The minimum Gasteiger partial charge on any atom is -0.354 e. The molecule has 0 amide bonds. The van der Waals surface area contributed by atoms with Crippen LogP contribution in [0.2, 0.25) is 0 Å². The lowest BCUT2D eigenvalue weighted by molar-refractivity contribution is 0.796. The number of hydrogen-bond acceptors (Lipinski definition) is 4. The van der Waals surface area contributed by atoms with E-state index in [9.17, 15) is 0 Å². The van der Waals surface area contributed by atoms with Gasteiger partial charge < -0.3 is 5.32 Å². The second kappa shape index (κ2) is 8.65. The molecular weight excluding hydrogens is 346 g/mol. The average Bonchev–Trinajstić information content (AvgIpc) is 3.16. The Labute approximate surface area is 165 Å². The van der Waals surface area contributed by atoms with Crippen molar-refractivity contribution in [2.75, 3.05) is 11.9 Å². The SMILES string of the molecule is CCCCc1ccc2c(c1)ncn2-c1ccnc(NCCc2ccccc2)n1. The number of imidazole rings is 1. The normalized spacial score (nSPS) is 11.0. The molecule has 0 aliphatic heterocycles. The molecule has 0 unspecified atom stereocenters. The number of rotatable bonds is 8. The number of anilines is 1. The number of aryl methyl sites for hydroxylation is 1. The van der Waals surface area contributed by atoms with Crippen molar-refractivity contribution in [1.29, 1.82) is 0 Å². The van der Waals surface area contributed by atoms with Crippen LogP contribution >= 0.6 is 0 Å². The van der Waals surface area contributed by atoms with E-state index in [1.807, 2.05) is 23.0 Å². The summed E-state index contributed by atoms with van der Waals surface area (Å²) in [5.41, 5.74) is 4.70. The topological polar surface area (TPSA) is 55.6 Å². The third-order valence-electron chi connectivity index (χ3n) is 4.86. The Bertz CT molecular complexity index is 1040. The summed E-state index contributed by atoms with van der Waals surface area (Å²) in [7, 11) is 0. The molecule has 0 bridgehead atoms. The Kier molecular flexibility index (Phi) is 5.61. The summed E-state index contributed by atoms with van der Waals surface area (Å²) in [6.07, 6.45) is 8.06. The van der Waals surface area contributed by atoms with Gasteiger partial charge in [0, 0.05) is 12.7 Å². The summed E-state index contributed by atoms with van der Waals surface area (Å²) in [5.74, 6) is 1.45. The molecule has 0 saturated carbocycles. The zero-order chi connectivity index (χ0) is 19.2. The van der Waals surface area contributed by atoms with Crippen molar-refractivity contribution >= 4 is 17.0 Å². The predicted octanol–water partition coefficient (Wildman–Crippen LogP) is 4.81. The van der Waals surface area contributed by atoms with Gasteiger partial charge in [0.1, 0.15) is 12.1 Å². The van der Waals surface area contributed by atoms with Crippen LogP contribution in [0.5, 0.6) is 0 Å². The average molecular weight is 371 g/mol. The van der Waals surface area contributed by atoms with Crippen LogP contribution in [0.3, 0.4) is 0 Å². The summed E-state index contributed by atoms with van der Waals surface area (Å²) < 4.78 is 2.02. The first-order valence-electron chi connectivity index (χ1n) is 9.90. The third kappa shape index (κ3) is 4.19. The second-order valence-electron chi connectivity index (χ2n) is 6.94. The maximum Gasteiger partial charge on any atom is 0.224 e. The van der Waals surface area contributed by atoms with Gasteiger partial charge in [-0.05, 0) is 48.6 Å². The standard InChI is InChI=1S/C23H25N5/c1-2-3-7-19-10-11-21-20(16-19)26-17-28(21)22-13-15-25-23(27-22)24-14-12-18-8-5-4-6-9-18/h4-6,8-11,13,15-17H,2-3,7,12,14H2,1H3,(H,24,25,27). The van der Waals surface area contributed by atoms with E-state index in [1.165, 1.54) is 24.0 Å². The van der Waals surface area contributed by atoms with E-state index < -0.39 is 0 Å². The van der Waals surface area contributed by atoms with E-state index >= 15 is 0 Å². The summed E-state index contributed by atoms with van der Waals surface area (Å²) >= 11 is 0. The molecule has 5 nitrogen and oxygen atoms in total. The highest BCUT2D eigenvalue weighted by Gasteiger charge is 2.08. The van der Waals surface area contributed by atoms with Crippen LogP contribution in [-0.2, 0) is 12.8 Å². The summed E-state index contributed by atoms with van der Waals surface area (Å²) in [4.78, 5) is 13.6. The second-order valence-corrected chi connectivity index (χ2v) is 6.94. The predicted molar refractivity (Wildman–Crippen MR) is 114 cm³/mol. The molecule has 0 atom stereocenters. The zero-order valence-corrected chi connectivity index (χ0v) is 16.2. The van der Waals surface area contributed by atoms with Crippen LogP contribution < -0.4 is 5.32 Å². The van der Waals surface area contributed by atoms with Gasteiger partial charge >= 0.3 is 0 Å². The van der Waals surface area contributed by atoms with Gasteiger partial charge in [0.15, 0.2) is 0 Å². The summed E-state index contributed by atoms with van der Waals surface area (Å²) in [5, 5.41) is 3.32. The Morgan fingerprint density at radius 1 is 0.929 bits per heavy atom. The fourth-order valence-electron chi connectivity index (χ4n) is 3.31. The molecule has 142 valence electrons. The van der Waals surface area contributed by atoms with Gasteiger partial charge in [-0.25, -0.2) is 9.97 Å². The molecular formula is C23H25N5. The van der Waals surface area contributed by atoms with E-state index in [1.54, 1.807) is 6.20 Å². The van der Waals surface area contributed by atoms with Crippen molar-refractivity contribution in [1.82, 2.24) is 19.5 Å². The molecule has 2 aromatic carbocycles. The van der Waals surface area contributed by atoms with Crippen LogP contribution in [0.25, 0.3) is 16.9 Å². The van der Waals surface area contributed by atoms with Gasteiger partial charge in [0.05, 0.1) is 11.0 Å². The molecule has 1 N–H and O–H groups in total. The van der Waals surface area contributed by atoms with Crippen molar-refractivity contribution in [3.63, 3.8) is 0 Å². The number of benzene rings is 2. The van der Waals surface area contributed by atoms with Crippen molar-refractivity contribution in [3.05, 3.63) is 78.2 Å². The van der Waals surface area contributed by atoms with Crippen LogP contribution in [0.4, 0.5) is 5.95 Å². The van der Waals surface area contributed by atoms with Crippen LogP contribution in [-0.4, -0.2) is 26.1 Å². The quantitative estimate of drug-likeness (QED) is 0.483. The number of nitrogens with one attached hydrogen (secondary N) is 1. The van der Waals surface area contributed by atoms with Crippen LogP contribution in [0, 0.1) is 0 Å². The number of fused-ring (bicyclic) bond motifs is 1. The maximum atomic E-state index is 4.67. The fourth-order valence-corrected chi connectivity index (χ4v) is 3.31. The van der Waals surface area contributed by atoms with Crippen LogP contribution in [0.1, 0.15) is 30.9 Å². The number of aromatic nitrogens is 4. The lowest BCUT2D eigenvalue weighted by atomic mass is 10.1. The Morgan fingerprint density at radius 2 is 1.82 bits per heavy atom. The van der Waals surface area contributed by atoms with Crippen LogP contribution in [0.15, 0.2) is 67.1 Å². The molecule has 28 heavy (non-hydrogen) atoms. The number of unbranched alkanes of at least 4 members (excludes halogenated alkanes) is 1. The van der Waals surface area contributed by atoms with Crippen molar-refractivity contribution in [2.24, 2.45) is 0 Å². The first-order valence-corrected chi connectivity index (χ1v) is 9.90. The number of hydrogen-bond donors (Lipinski definition) is 1. The minimum atomic E-state index is 0.634. The first-order chi connectivity index (χ1) is 13.8. The molecule has 0 saturated heterocycles. The van der Waals surface area contributed by atoms with Gasteiger partial charge in [-0.1, -0.05) is 49.7 Å². The van der Waals surface area contributed by atoms with Gasteiger partial charge in [-0.15, -0.1) is 0 Å². The molecule has 0 aliphatic carbocycles. The lowest BCUT2D eigenvalue weighted by Gasteiger charge is -2.08. The van der Waals surface area contributed by atoms with Crippen molar-refractivity contribution in [3.8, 4) is 5.82 Å². The molecule has 4 aromatic rings. The Hall–Kier alpha value is -3.21. The lowest BCUT2D eigenvalue weighted by Crippen LogP contribution is -2.09. The highest BCUT2D eigenvalue weighted by atomic mass is 15.2. The molecule has 0 fully saturated rings. The van der Waals surface area contributed by atoms with Gasteiger partial charge in [0.25, 0.3) is 0 Å². The molecule has 0 aliphatic rings. The first kappa shape index (κ1) is 18.2. The van der Waals surface area contributed by atoms with Gasteiger partial charge in [-0.3, -0.25) is 4.57 Å². The number of nitrogens with zero attached hydrogens (tertiary/aromatic N) is 4. The highest BCUT2D eigenvalue weighted by molar-refractivity contribution is 5.77.